The number of nitrogens with zero attached hydrogens (tertiary/aromatic N) is 1. The van der Waals surface area contributed by atoms with Gasteiger partial charge in [-0.25, -0.2) is 0 Å². The van der Waals surface area contributed by atoms with Crippen LogP contribution in [0.5, 0.6) is 0 Å². The number of hydrogen-bond acceptors (Lipinski definition) is 2. The van der Waals surface area contributed by atoms with E-state index in [1.807, 2.05) is 21.0 Å². The Morgan fingerprint density at radius 3 is 1.82 bits per heavy atom. The van der Waals surface area contributed by atoms with E-state index in [4.69, 9.17) is 0 Å². The summed E-state index contributed by atoms with van der Waals surface area (Å²) < 4.78 is 0. The fourth-order valence-corrected chi connectivity index (χ4v) is 1.63. The maximum atomic E-state index is 9.62. The van der Waals surface area contributed by atoms with Gasteiger partial charge in [-0.15, -0.1) is 0 Å². The Hall–Kier alpha value is -0.0800. The standard InChI is InChI=1S/C9H21NO/c1-6-8(11)9(7(2)3)10(4)5/h7-9,11H,6H2,1-5H3. The molecule has 0 spiro atoms. The monoisotopic (exact) mass is 159 g/mol. The molecule has 0 bridgehead atoms. The lowest BCUT2D eigenvalue weighted by atomic mass is 9.96. The molecule has 2 atom stereocenters. The highest BCUT2D eigenvalue weighted by Gasteiger charge is 2.22. The molecule has 0 rings (SSSR count). The second-order valence-corrected chi connectivity index (χ2v) is 3.67. The number of hydrogen-bond donors (Lipinski definition) is 1. The van der Waals surface area contributed by atoms with Crippen LogP contribution >= 0.6 is 0 Å². The highest BCUT2D eigenvalue weighted by atomic mass is 16.3. The van der Waals surface area contributed by atoms with E-state index < -0.39 is 0 Å². The third kappa shape index (κ3) is 3.21. The van der Waals surface area contributed by atoms with Gasteiger partial charge in [0.25, 0.3) is 0 Å². The van der Waals surface area contributed by atoms with Crippen molar-refractivity contribution >= 4 is 0 Å². The number of aliphatic hydroxyl groups excluding tert-OH is 1. The number of likely N-dealkylation sites (N-methyl/N-ethyl adjacent to an activating group) is 1. The van der Waals surface area contributed by atoms with Gasteiger partial charge in [-0.05, 0) is 26.4 Å². The van der Waals surface area contributed by atoms with Crippen LogP contribution < -0.4 is 0 Å². The molecule has 2 heteroatoms. The molecule has 1 N–H and O–H groups in total. The average molecular weight is 159 g/mol. The molecule has 0 aliphatic heterocycles. The summed E-state index contributed by atoms with van der Waals surface area (Å²) in [6, 6.07) is 0.292. The van der Waals surface area contributed by atoms with Crippen molar-refractivity contribution in [3.05, 3.63) is 0 Å². The van der Waals surface area contributed by atoms with Gasteiger partial charge in [0.1, 0.15) is 0 Å². The van der Waals surface area contributed by atoms with Gasteiger partial charge in [0.2, 0.25) is 0 Å². The minimum atomic E-state index is -0.190. The zero-order valence-corrected chi connectivity index (χ0v) is 8.33. The molecule has 0 fully saturated rings. The molecule has 11 heavy (non-hydrogen) atoms. The minimum Gasteiger partial charge on any atom is -0.391 e. The first-order valence-corrected chi connectivity index (χ1v) is 4.35. The SMILES string of the molecule is CCC(O)C(C(C)C)N(C)C. The van der Waals surface area contributed by atoms with E-state index in [2.05, 4.69) is 18.7 Å². The van der Waals surface area contributed by atoms with Crippen molar-refractivity contribution in [3.63, 3.8) is 0 Å². The number of aliphatic hydroxyl groups is 1. The molecule has 0 aromatic rings. The Labute approximate surface area is 70.2 Å². The van der Waals surface area contributed by atoms with Gasteiger partial charge in [0.05, 0.1) is 6.10 Å². The summed E-state index contributed by atoms with van der Waals surface area (Å²) in [7, 11) is 4.03. The molecule has 0 aromatic carbocycles. The molecule has 0 amide bonds. The third-order valence-corrected chi connectivity index (χ3v) is 2.09. The molecule has 0 aliphatic carbocycles. The van der Waals surface area contributed by atoms with Gasteiger partial charge in [0.15, 0.2) is 0 Å². The second-order valence-electron chi connectivity index (χ2n) is 3.67. The largest absolute Gasteiger partial charge is 0.391 e. The summed E-state index contributed by atoms with van der Waals surface area (Å²) in [4.78, 5) is 2.10. The zero-order valence-electron chi connectivity index (χ0n) is 8.33. The highest BCUT2D eigenvalue weighted by molar-refractivity contribution is 4.77. The summed E-state index contributed by atoms with van der Waals surface area (Å²) in [5.74, 6) is 0.514. The van der Waals surface area contributed by atoms with Crippen LogP contribution in [-0.2, 0) is 0 Å². The Morgan fingerprint density at radius 2 is 1.73 bits per heavy atom. The van der Waals surface area contributed by atoms with Gasteiger partial charge in [-0.2, -0.15) is 0 Å². The predicted molar refractivity (Wildman–Crippen MR) is 48.6 cm³/mol. The molecule has 0 saturated carbocycles. The van der Waals surface area contributed by atoms with Gasteiger partial charge >= 0.3 is 0 Å². The Kier molecular flexibility index (Phi) is 4.69. The first-order chi connectivity index (χ1) is 5.00. The Balaban J connectivity index is 4.09. The lowest BCUT2D eigenvalue weighted by Gasteiger charge is -2.31. The maximum absolute atomic E-state index is 9.62. The van der Waals surface area contributed by atoms with Crippen molar-refractivity contribution in [3.8, 4) is 0 Å². The van der Waals surface area contributed by atoms with Crippen LogP contribution in [0.2, 0.25) is 0 Å². The lowest BCUT2D eigenvalue weighted by Crippen LogP contribution is -2.42. The van der Waals surface area contributed by atoms with Crippen LogP contribution in [-0.4, -0.2) is 36.2 Å². The molecule has 0 aromatic heterocycles. The quantitative estimate of drug-likeness (QED) is 0.669. The molecule has 0 saturated heterocycles. The van der Waals surface area contributed by atoms with E-state index in [-0.39, 0.29) is 6.10 Å². The molecule has 0 radical (unpaired) electrons. The van der Waals surface area contributed by atoms with E-state index in [1.165, 1.54) is 0 Å². The molecule has 2 nitrogen and oxygen atoms in total. The molecule has 68 valence electrons. The van der Waals surface area contributed by atoms with Gasteiger partial charge in [-0.1, -0.05) is 20.8 Å². The number of rotatable bonds is 4. The van der Waals surface area contributed by atoms with E-state index >= 15 is 0 Å². The average Bonchev–Trinajstić information content (AvgIpc) is 1.85. The summed E-state index contributed by atoms with van der Waals surface area (Å²) in [5, 5.41) is 9.62. The summed E-state index contributed by atoms with van der Waals surface area (Å²) in [6.45, 7) is 6.30. The Morgan fingerprint density at radius 1 is 1.27 bits per heavy atom. The first kappa shape index (κ1) is 10.9. The van der Waals surface area contributed by atoms with Crippen LogP contribution in [0.3, 0.4) is 0 Å². The fraction of sp³-hybridized carbons (Fsp3) is 1.00. The van der Waals surface area contributed by atoms with Gasteiger partial charge in [0, 0.05) is 6.04 Å². The third-order valence-electron chi connectivity index (χ3n) is 2.09. The zero-order chi connectivity index (χ0) is 9.02. The minimum absolute atomic E-state index is 0.190. The summed E-state index contributed by atoms with van der Waals surface area (Å²) >= 11 is 0. The van der Waals surface area contributed by atoms with E-state index in [9.17, 15) is 5.11 Å². The van der Waals surface area contributed by atoms with Gasteiger partial charge in [-0.3, -0.25) is 0 Å². The normalized spacial score (nSPS) is 17.5. The first-order valence-electron chi connectivity index (χ1n) is 4.35. The van der Waals surface area contributed by atoms with Crippen LogP contribution in [0.4, 0.5) is 0 Å². The van der Waals surface area contributed by atoms with E-state index in [0.29, 0.717) is 12.0 Å². The molecule has 0 aliphatic rings. The molecular weight excluding hydrogens is 138 g/mol. The highest BCUT2D eigenvalue weighted by Crippen LogP contribution is 2.13. The van der Waals surface area contributed by atoms with Crippen LogP contribution in [0.1, 0.15) is 27.2 Å². The Bertz CT molecular complexity index is 93.7. The maximum Gasteiger partial charge on any atom is 0.0695 e. The van der Waals surface area contributed by atoms with Crippen molar-refractivity contribution in [1.82, 2.24) is 4.90 Å². The summed E-state index contributed by atoms with van der Waals surface area (Å²) in [5.41, 5.74) is 0. The van der Waals surface area contributed by atoms with E-state index in [1.54, 1.807) is 0 Å². The van der Waals surface area contributed by atoms with Crippen LogP contribution in [0, 0.1) is 5.92 Å². The van der Waals surface area contributed by atoms with Crippen molar-refractivity contribution < 1.29 is 5.11 Å². The fourth-order valence-electron chi connectivity index (χ4n) is 1.63. The van der Waals surface area contributed by atoms with Crippen molar-refractivity contribution in [2.24, 2.45) is 5.92 Å². The van der Waals surface area contributed by atoms with Crippen molar-refractivity contribution in [2.45, 2.75) is 39.3 Å². The topological polar surface area (TPSA) is 23.5 Å². The molecule has 2 unspecified atom stereocenters. The van der Waals surface area contributed by atoms with Crippen LogP contribution in [0.15, 0.2) is 0 Å². The lowest BCUT2D eigenvalue weighted by molar-refractivity contribution is 0.0477. The molecular formula is C9H21NO. The second kappa shape index (κ2) is 4.73. The summed E-state index contributed by atoms with van der Waals surface area (Å²) in [6.07, 6.45) is 0.645. The molecule has 0 heterocycles. The predicted octanol–water partition coefficient (Wildman–Crippen LogP) is 1.34. The van der Waals surface area contributed by atoms with Crippen LogP contribution in [0.25, 0.3) is 0 Å². The smallest absolute Gasteiger partial charge is 0.0695 e. The van der Waals surface area contributed by atoms with Gasteiger partial charge < -0.3 is 10.0 Å². The van der Waals surface area contributed by atoms with Crippen molar-refractivity contribution in [1.29, 1.82) is 0 Å². The van der Waals surface area contributed by atoms with Crippen molar-refractivity contribution in [2.75, 3.05) is 14.1 Å². The van der Waals surface area contributed by atoms with E-state index in [0.717, 1.165) is 6.42 Å².